The summed E-state index contributed by atoms with van der Waals surface area (Å²) >= 11 is 0. The molecule has 1 aliphatic carbocycles. The Morgan fingerprint density at radius 3 is 2.69 bits per heavy atom. The van der Waals surface area contributed by atoms with Gasteiger partial charge in [-0.15, -0.1) is 0 Å². The Labute approximate surface area is 187 Å². The number of benzene rings is 2. The number of nitrogens with zero attached hydrogens (tertiary/aromatic N) is 1. The SMILES string of the molecule is COc1ccc(C2NC(=O)CCC2NC(=O)Cn2c3c(c4ccccc42)CCCC3)cc1. The first-order chi connectivity index (χ1) is 15.6. The second kappa shape index (κ2) is 8.69. The van der Waals surface area contributed by atoms with E-state index in [-0.39, 0.29) is 23.9 Å². The van der Waals surface area contributed by atoms with E-state index in [0.29, 0.717) is 19.4 Å². The second-order valence-electron chi connectivity index (χ2n) is 8.77. The van der Waals surface area contributed by atoms with E-state index in [9.17, 15) is 9.59 Å². The summed E-state index contributed by atoms with van der Waals surface area (Å²) in [6.07, 6.45) is 5.51. The molecule has 0 spiro atoms. The average molecular weight is 432 g/mol. The van der Waals surface area contributed by atoms with Gasteiger partial charge >= 0.3 is 0 Å². The smallest absolute Gasteiger partial charge is 0.240 e. The van der Waals surface area contributed by atoms with Crippen molar-refractivity contribution in [1.82, 2.24) is 15.2 Å². The van der Waals surface area contributed by atoms with Gasteiger partial charge in [0.2, 0.25) is 11.8 Å². The fourth-order valence-electron chi connectivity index (χ4n) is 5.25. The Bertz CT molecular complexity index is 1150. The van der Waals surface area contributed by atoms with Gasteiger partial charge in [-0.3, -0.25) is 9.59 Å². The lowest BCUT2D eigenvalue weighted by molar-refractivity contribution is -0.127. The molecule has 2 heterocycles. The van der Waals surface area contributed by atoms with E-state index in [1.54, 1.807) is 7.11 Å². The highest BCUT2D eigenvalue weighted by Gasteiger charge is 2.31. The van der Waals surface area contributed by atoms with Crippen molar-refractivity contribution < 1.29 is 14.3 Å². The third-order valence-electron chi connectivity index (χ3n) is 6.81. The molecule has 0 saturated carbocycles. The molecule has 2 amide bonds. The van der Waals surface area contributed by atoms with Gasteiger partial charge in [0.25, 0.3) is 0 Å². The van der Waals surface area contributed by atoms with Crippen molar-refractivity contribution in [3.8, 4) is 5.75 Å². The summed E-state index contributed by atoms with van der Waals surface area (Å²) in [7, 11) is 1.63. The van der Waals surface area contributed by atoms with Crippen LogP contribution < -0.4 is 15.4 Å². The van der Waals surface area contributed by atoms with Crippen LogP contribution in [0.4, 0.5) is 0 Å². The molecule has 0 radical (unpaired) electrons. The molecule has 0 bridgehead atoms. The minimum atomic E-state index is -0.249. The maximum atomic E-state index is 13.2. The minimum Gasteiger partial charge on any atom is -0.497 e. The summed E-state index contributed by atoms with van der Waals surface area (Å²) in [6, 6.07) is 15.7. The molecule has 2 atom stereocenters. The van der Waals surface area contributed by atoms with E-state index >= 15 is 0 Å². The summed E-state index contributed by atoms with van der Waals surface area (Å²) in [5.41, 5.74) is 4.81. The number of aryl methyl sites for hydroxylation is 1. The second-order valence-corrected chi connectivity index (χ2v) is 8.77. The Kier molecular flexibility index (Phi) is 5.60. The average Bonchev–Trinajstić information content (AvgIpc) is 3.14. The zero-order valence-corrected chi connectivity index (χ0v) is 18.4. The number of carbonyl (C=O) groups is 2. The Morgan fingerprint density at radius 1 is 1.09 bits per heavy atom. The topological polar surface area (TPSA) is 72.4 Å². The highest BCUT2D eigenvalue weighted by Crippen LogP contribution is 2.32. The normalized spacial score (nSPS) is 20.5. The molecule has 2 unspecified atom stereocenters. The molecule has 2 aliphatic rings. The van der Waals surface area contributed by atoms with Gasteiger partial charge in [-0.2, -0.15) is 0 Å². The lowest BCUT2D eigenvalue weighted by atomic mass is 9.92. The molecule has 6 nitrogen and oxygen atoms in total. The van der Waals surface area contributed by atoms with E-state index in [2.05, 4.69) is 33.4 Å². The number of carbonyl (C=O) groups excluding carboxylic acids is 2. The van der Waals surface area contributed by atoms with Crippen LogP contribution in [-0.2, 0) is 29.0 Å². The molecule has 2 N–H and O–H groups in total. The van der Waals surface area contributed by atoms with Gasteiger partial charge in [-0.05, 0) is 61.4 Å². The standard InChI is InChI=1S/C26H29N3O3/c1-32-18-12-10-17(11-13-18)26-21(14-15-24(30)28-26)27-25(31)16-29-22-8-4-2-6-19(22)20-7-3-5-9-23(20)29/h2,4,6,8,10-13,21,26H,3,5,7,9,14-16H2,1H3,(H,27,31)(H,28,30). The van der Waals surface area contributed by atoms with Crippen molar-refractivity contribution in [1.29, 1.82) is 0 Å². The molecule has 1 saturated heterocycles. The van der Waals surface area contributed by atoms with E-state index < -0.39 is 0 Å². The summed E-state index contributed by atoms with van der Waals surface area (Å²) in [4.78, 5) is 25.3. The summed E-state index contributed by atoms with van der Waals surface area (Å²) in [5.74, 6) is 0.765. The highest BCUT2D eigenvalue weighted by molar-refractivity contribution is 5.88. The van der Waals surface area contributed by atoms with Gasteiger partial charge in [0.15, 0.2) is 0 Å². The number of para-hydroxylation sites is 1. The third-order valence-corrected chi connectivity index (χ3v) is 6.81. The van der Waals surface area contributed by atoms with Crippen LogP contribution in [0.2, 0.25) is 0 Å². The molecule has 6 heteroatoms. The van der Waals surface area contributed by atoms with E-state index in [1.165, 1.54) is 29.5 Å². The number of aromatic nitrogens is 1. The predicted molar refractivity (Wildman–Crippen MR) is 124 cm³/mol. The molecular formula is C26H29N3O3. The number of methoxy groups -OCH3 is 1. The zero-order chi connectivity index (χ0) is 22.1. The fraction of sp³-hybridized carbons (Fsp3) is 0.385. The van der Waals surface area contributed by atoms with Gasteiger partial charge in [0.05, 0.1) is 19.2 Å². The largest absolute Gasteiger partial charge is 0.497 e. The maximum Gasteiger partial charge on any atom is 0.240 e. The number of nitrogens with one attached hydrogen (secondary N) is 2. The highest BCUT2D eigenvalue weighted by atomic mass is 16.5. The van der Waals surface area contributed by atoms with Crippen LogP contribution in [0.5, 0.6) is 5.75 Å². The van der Waals surface area contributed by atoms with Crippen LogP contribution in [0, 0.1) is 0 Å². The number of hydrogen-bond acceptors (Lipinski definition) is 3. The molecule has 1 fully saturated rings. The van der Waals surface area contributed by atoms with E-state index in [0.717, 1.165) is 29.7 Å². The number of ether oxygens (including phenoxy) is 1. The van der Waals surface area contributed by atoms with Gasteiger partial charge in [-0.1, -0.05) is 30.3 Å². The van der Waals surface area contributed by atoms with Gasteiger partial charge in [0, 0.05) is 23.0 Å². The maximum absolute atomic E-state index is 13.2. The molecule has 2 aromatic carbocycles. The zero-order valence-electron chi connectivity index (χ0n) is 18.4. The Hall–Kier alpha value is -3.28. The molecule has 1 aliphatic heterocycles. The predicted octanol–water partition coefficient (Wildman–Crippen LogP) is 3.66. The van der Waals surface area contributed by atoms with Crippen LogP contribution in [-0.4, -0.2) is 29.5 Å². The van der Waals surface area contributed by atoms with Gasteiger partial charge in [-0.25, -0.2) is 0 Å². The molecule has 1 aromatic heterocycles. The van der Waals surface area contributed by atoms with Crippen LogP contribution in [0.1, 0.15) is 48.5 Å². The van der Waals surface area contributed by atoms with Crippen LogP contribution in [0.15, 0.2) is 48.5 Å². The van der Waals surface area contributed by atoms with Crippen LogP contribution in [0.25, 0.3) is 10.9 Å². The molecule has 5 rings (SSSR count). The van der Waals surface area contributed by atoms with Crippen LogP contribution >= 0.6 is 0 Å². The van der Waals surface area contributed by atoms with Crippen molar-refractivity contribution in [2.24, 2.45) is 0 Å². The number of rotatable bonds is 5. The van der Waals surface area contributed by atoms with Gasteiger partial charge < -0.3 is 19.9 Å². The lowest BCUT2D eigenvalue weighted by Gasteiger charge is -2.33. The lowest BCUT2D eigenvalue weighted by Crippen LogP contribution is -2.50. The Morgan fingerprint density at radius 2 is 1.88 bits per heavy atom. The van der Waals surface area contributed by atoms with Crippen molar-refractivity contribution in [2.45, 2.75) is 57.2 Å². The number of hydrogen-bond donors (Lipinski definition) is 2. The third kappa shape index (κ3) is 3.85. The monoisotopic (exact) mass is 431 g/mol. The van der Waals surface area contributed by atoms with E-state index in [1.807, 2.05) is 30.3 Å². The van der Waals surface area contributed by atoms with Crippen molar-refractivity contribution in [2.75, 3.05) is 7.11 Å². The van der Waals surface area contributed by atoms with Crippen molar-refractivity contribution in [3.63, 3.8) is 0 Å². The fourth-order valence-corrected chi connectivity index (χ4v) is 5.25. The first-order valence-corrected chi connectivity index (χ1v) is 11.5. The quantitative estimate of drug-likeness (QED) is 0.648. The Balaban J connectivity index is 1.37. The number of fused-ring (bicyclic) bond motifs is 3. The van der Waals surface area contributed by atoms with Crippen molar-refractivity contribution >= 4 is 22.7 Å². The summed E-state index contributed by atoms with van der Waals surface area (Å²) < 4.78 is 7.45. The minimum absolute atomic E-state index is 0.0150. The van der Waals surface area contributed by atoms with E-state index in [4.69, 9.17) is 4.74 Å². The number of amides is 2. The molecule has 166 valence electrons. The first kappa shape index (κ1) is 20.6. The molecule has 32 heavy (non-hydrogen) atoms. The summed E-state index contributed by atoms with van der Waals surface area (Å²) in [6.45, 7) is 0.301. The summed E-state index contributed by atoms with van der Waals surface area (Å²) in [5, 5.41) is 7.56. The molecule has 3 aromatic rings. The van der Waals surface area contributed by atoms with Crippen LogP contribution in [0.3, 0.4) is 0 Å². The van der Waals surface area contributed by atoms with Gasteiger partial charge in [0.1, 0.15) is 12.3 Å². The number of piperidine rings is 1. The van der Waals surface area contributed by atoms with Crippen molar-refractivity contribution in [3.05, 3.63) is 65.4 Å². The first-order valence-electron chi connectivity index (χ1n) is 11.5. The molecular weight excluding hydrogens is 402 g/mol.